The van der Waals surface area contributed by atoms with E-state index in [4.69, 9.17) is 4.74 Å². The van der Waals surface area contributed by atoms with Gasteiger partial charge in [0.1, 0.15) is 0 Å². The number of rotatable bonds is 7. The maximum absolute atomic E-state index is 12.8. The molecule has 0 spiro atoms. The quantitative estimate of drug-likeness (QED) is 0.668. The molecular weight excluding hydrogens is 368 g/mol. The van der Waals surface area contributed by atoms with Crippen molar-refractivity contribution in [1.82, 2.24) is 20.1 Å². The number of carbonyl (C=O) groups excluding carboxylic acids is 1. The molecule has 2 heterocycles. The fraction of sp³-hybridized carbons (Fsp3) is 0.364. The zero-order valence-electron chi connectivity index (χ0n) is 16.6. The van der Waals surface area contributed by atoms with Gasteiger partial charge < -0.3 is 10.1 Å². The third kappa shape index (κ3) is 4.29. The molecule has 1 N–H and O–H groups in total. The average molecular weight is 392 g/mol. The molecule has 150 valence electrons. The highest BCUT2D eigenvalue weighted by Crippen LogP contribution is 2.29. The molecule has 2 aromatic heterocycles. The summed E-state index contributed by atoms with van der Waals surface area (Å²) in [5, 5.41) is 8.24. The van der Waals surface area contributed by atoms with Crippen molar-refractivity contribution in [3.05, 3.63) is 64.2 Å². The molecule has 0 saturated heterocycles. The average Bonchev–Trinajstić information content (AvgIpc) is 3.56. The molecule has 1 amide bonds. The topological polar surface area (TPSA) is 86.1 Å². The van der Waals surface area contributed by atoms with Crippen molar-refractivity contribution in [2.45, 2.75) is 39.3 Å². The van der Waals surface area contributed by atoms with Crippen molar-refractivity contribution >= 4 is 16.7 Å². The predicted octanol–water partition coefficient (Wildman–Crippen LogP) is 3.09. The molecule has 1 aromatic carbocycles. The van der Waals surface area contributed by atoms with Gasteiger partial charge in [0.15, 0.2) is 5.69 Å². The van der Waals surface area contributed by atoms with Gasteiger partial charge in [0, 0.05) is 24.2 Å². The van der Waals surface area contributed by atoms with Crippen molar-refractivity contribution in [1.29, 1.82) is 0 Å². The molecule has 0 bridgehead atoms. The van der Waals surface area contributed by atoms with Gasteiger partial charge in [0.2, 0.25) is 5.88 Å². The summed E-state index contributed by atoms with van der Waals surface area (Å²) in [5.74, 6) is 0.945. The normalized spacial score (nSPS) is 13.6. The van der Waals surface area contributed by atoms with Crippen LogP contribution in [0.4, 0.5) is 0 Å². The standard InChI is InChI=1S/C22H24N4O3/c1-14(2)26-22(28)18-6-4-3-5-17(18)20(25-26)21(27)24-12-16-9-10-19(23-11-16)29-13-15-7-8-15/h3-6,9-11,14-15H,7-8,12-13H2,1-2H3,(H,24,27). The monoisotopic (exact) mass is 392 g/mol. The fourth-order valence-electron chi connectivity index (χ4n) is 3.08. The van der Waals surface area contributed by atoms with Crippen LogP contribution in [0.5, 0.6) is 5.88 Å². The third-order valence-corrected chi connectivity index (χ3v) is 4.95. The number of fused-ring (bicyclic) bond motifs is 1. The number of nitrogens with one attached hydrogen (secondary N) is 1. The lowest BCUT2D eigenvalue weighted by Crippen LogP contribution is -2.31. The lowest BCUT2D eigenvalue weighted by atomic mass is 10.1. The highest BCUT2D eigenvalue weighted by molar-refractivity contribution is 6.04. The number of pyridine rings is 1. The van der Waals surface area contributed by atoms with E-state index in [-0.39, 0.29) is 23.2 Å². The van der Waals surface area contributed by atoms with Crippen molar-refractivity contribution < 1.29 is 9.53 Å². The second-order valence-corrected chi connectivity index (χ2v) is 7.68. The van der Waals surface area contributed by atoms with Gasteiger partial charge in [-0.3, -0.25) is 9.59 Å². The second-order valence-electron chi connectivity index (χ2n) is 7.68. The van der Waals surface area contributed by atoms with Crippen LogP contribution in [0.1, 0.15) is 48.8 Å². The molecule has 29 heavy (non-hydrogen) atoms. The van der Waals surface area contributed by atoms with Gasteiger partial charge in [-0.1, -0.05) is 24.3 Å². The SMILES string of the molecule is CC(C)n1nc(C(=O)NCc2ccc(OCC3CC3)nc2)c2ccccc2c1=O. The van der Waals surface area contributed by atoms with E-state index < -0.39 is 0 Å². The van der Waals surface area contributed by atoms with Crippen LogP contribution in [-0.4, -0.2) is 27.3 Å². The molecule has 7 nitrogen and oxygen atoms in total. The van der Waals surface area contributed by atoms with Gasteiger partial charge in [0.05, 0.1) is 18.0 Å². The Morgan fingerprint density at radius 2 is 1.97 bits per heavy atom. The smallest absolute Gasteiger partial charge is 0.274 e. The Hall–Kier alpha value is -3.22. The molecule has 1 aliphatic rings. The molecule has 4 rings (SSSR count). The molecule has 7 heteroatoms. The minimum Gasteiger partial charge on any atom is -0.477 e. The third-order valence-electron chi connectivity index (χ3n) is 4.95. The summed E-state index contributed by atoms with van der Waals surface area (Å²) < 4.78 is 6.99. The number of aromatic nitrogens is 3. The minimum atomic E-state index is -0.329. The van der Waals surface area contributed by atoms with Gasteiger partial charge in [-0.05, 0) is 44.2 Å². The first-order chi connectivity index (χ1) is 14.0. The summed E-state index contributed by atoms with van der Waals surface area (Å²) in [4.78, 5) is 29.7. The van der Waals surface area contributed by atoms with Crippen LogP contribution in [0, 0.1) is 5.92 Å². The Bertz CT molecular complexity index is 1090. The number of hydrogen-bond donors (Lipinski definition) is 1. The zero-order chi connectivity index (χ0) is 20.4. The maximum atomic E-state index is 12.8. The molecule has 3 aromatic rings. The number of nitrogens with zero attached hydrogens (tertiary/aromatic N) is 3. The summed E-state index contributed by atoms with van der Waals surface area (Å²) in [6.07, 6.45) is 4.16. The van der Waals surface area contributed by atoms with Gasteiger partial charge in [-0.25, -0.2) is 9.67 Å². The van der Waals surface area contributed by atoms with Crippen LogP contribution in [0.25, 0.3) is 10.8 Å². The number of amides is 1. The number of benzene rings is 1. The first-order valence-corrected chi connectivity index (χ1v) is 9.90. The van der Waals surface area contributed by atoms with E-state index in [0.29, 0.717) is 35.7 Å². The summed E-state index contributed by atoms with van der Waals surface area (Å²) in [6.45, 7) is 4.76. The Kier molecular flexibility index (Phi) is 5.29. The molecule has 0 atom stereocenters. The Morgan fingerprint density at radius 1 is 1.21 bits per heavy atom. The maximum Gasteiger partial charge on any atom is 0.274 e. The van der Waals surface area contributed by atoms with Gasteiger partial charge in [-0.15, -0.1) is 0 Å². The highest BCUT2D eigenvalue weighted by atomic mass is 16.5. The lowest BCUT2D eigenvalue weighted by Gasteiger charge is -2.13. The molecule has 1 fully saturated rings. The van der Waals surface area contributed by atoms with E-state index in [9.17, 15) is 9.59 Å². The van der Waals surface area contributed by atoms with E-state index in [1.54, 1.807) is 30.5 Å². The van der Waals surface area contributed by atoms with Crippen molar-refractivity contribution in [2.75, 3.05) is 6.61 Å². The second kappa shape index (κ2) is 8.03. The van der Waals surface area contributed by atoms with E-state index in [0.717, 1.165) is 5.56 Å². The molecule has 0 radical (unpaired) electrons. The molecule has 0 unspecified atom stereocenters. The first-order valence-electron chi connectivity index (χ1n) is 9.90. The van der Waals surface area contributed by atoms with E-state index in [2.05, 4.69) is 15.4 Å². The summed E-state index contributed by atoms with van der Waals surface area (Å²) in [7, 11) is 0. The molecule has 0 aliphatic heterocycles. The fourth-order valence-corrected chi connectivity index (χ4v) is 3.08. The van der Waals surface area contributed by atoms with Crippen molar-refractivity contribution in [3.63, 3.8) is 0 Å². The summed E-state index contributed by atoms with van der Waals surface area (Å²) >= 11 is 0. The summed E-state index contributed by atoms with van der Waals surface area (Å²) in [5.41, 5.74) is 0.906. The number of hydrogen-bond acceptors (Lipinski definition) is 5. The van der Waals surface area contributed by atoms with E-state index >= 15 is 0 Å². The lowest BCUT2D eigenvalue weighted by molar-refractivity contribution is 0.0945. The predicted molar refractivity (Wildman–Crippen MR) is 110 cm³/mol. The molecule has 1 aliphatic carbocycles. The first kappa shape index (κ1) is 19.1. The van der Waals surface area contributed by atoms with Crippen LogP contribution in [0.15, 0.2) is 47.4 Å². The number of carbonyl (C=O) groups is 1. The zero-order valence-corrected chi connectivity index (χ0v) is 16.6. The Morgan fingerprint density at radius 3 is 2.62 bits per heavy atom. The van der Waals surface area contributed by atoms with Gasteiger partial charge in [-0.2, -0.15) is 5.10 Å². The Balaban J connectivity index is 1.50. The number of ether oxygens (including phenoxy) is 1. The van der Waals surface area contributed by atoms with Crippen LogP contribution in [0.3, 0.4) is 0 Å². The van der Waals surface area contributed by atoms with Crippen LogP contribution in [-0.2, 0) is 6.54 Å². The van der Waals surface area contributed by atoms with Gasteiger partial charge >= 0.3 is 0 Å². The molecule has 1 saturated carbocycles. The van der Waals surface area contributed by atoms with Crippen LogP contribution >= 0.6 is 0 Å². The largest absolute Gasteiger partial charge is 0.477 e. The minimum absolute atomic E-state index is 0.147. The summed E-state index contributed by atoms with van der Waals surface area (Å²) in [6, 6.07) is 10.6. The highest BCUT2D eigenvalue weighted by Gasteiger charge is 2.22. The van der Waals surface area contributed by atoms with Gasteiger partial charge in [0.25, 0.3) is 11.5 Å². The van der Waals surface area contributed by atoms with Crippen molar-refractivity contribution in [2.24, 2.45) is 5.92 Å². The van der Waals surface area contributed by atoms with Crippen LogP contribution < -0.4 is 15.6 Å². The van der Waals surface area contributed by atoms with Crippen molar-refractivity contribution in [3.8, 4) is 5.88 Å². The molecular formula is C22H24N4O3. The van der Waals surface area contributed by atoms with Crippen LogP contribution in [0.2, 0.25) is 0 Å². The van der Waals surface area contributed by atoms with E-state index in [1.165, 1.54) is 17.5 Å². The van der Waals surface area contributed by atoms with E-state index in [1.807, 2.05) is 26.0 Å². The Labute approximate surface area is 168 Å².